The van der Waals surface area contributed by atoms with Crippen LogP contribution in [-0.4, -0.2) is 65.4 Å². The van der Waals surface area contributed by atoms with Crippen molar-refractivity contribution in [3.8, 4) is 22.6 Å². The number of aromatic nitrogens is 1. The Hall–Kier alpha value is -5.71. The molecule has 3 aromatic carbocycles. The molecule has 4 heterocycles. The highest BCUT2D eigenvalue weighted by atomic mass is 16.5. The largest absolute Gasteiger partial charge is 0.488 e. The molecule has 0 unspecified atom stereocenters. The van der Waals surface area contributed by atoms with Crippen molar-refractivity contribution < 1.29 is 28.7 Å². The van der Waals surface area contributed by atoms with Crippen LogP contribution in [-0.2, 0) is 16.1 Å². The quantitative estimate of drug-likeness (QED) is 0.310. The Bertz CT molecular complexity index is 1780. The molecule has 4 aromatic rings. The third-order valence-electron chi connectivity index (χ3n) is 7.82. The normalized spacial score (nSPS) is 18.2. The van der Waals surface area contributed by atoms with Gasteiger partial charge in [0.05, 0.1) is 11.6 Å². The van der Waals surface area contributed by atoms with Gasteiger partial charge in [0.25, 0.3) is 17.7 Å². The lowest BCUT2D eigenvalue weighted by molar-refractivity contribution is -0.123. The number of nitrogens with one attached hydrogen (secondary N) is 3. The Labute approximate surface area is 265 Å². The molecular formula is C35H33N5O6. The maximum Gasteiger partial charge on any atom is 0.258 e. The van der Waals surface area contributed by atoms with E-state index in [9.17, 15) is 19.2 Å². The molecule has 1 fully saturated rings. The van der Waals surface area contributed by atoms with Gasteiger partial charge < -0.3 is 30.3 Å². The van der Waals surface area contributed by atoms with Crippen molar-refractivity contribution >= 4 is 29.3 Å². The monoisotopic (exact) mass is 619 g/mol. The topological polar surface area (TPSA) is 139 Å². The highest BCUT2D eigenvalue weighted by Gasteiger charge is 2.35. The molecule has 3 aliphatic rings. The lowest BCUT2D eigenvalue weighted by atomic mass is 9.99. The molecular weight excluding hydrogens is 586 g/mol. The first-order valence-electron chi connectivity index (χ1n) is 15.0. The Morgan fingerprint density at radius 2 is 1.72 bits per heavy atom. The number of anilines is 1. The number of hydrogen-bond donors (Lipinski definition) is 3. The van der Waals surface area contributed by atoms with Crippen LogP contribution >= 0.6 is 0 Å². The second-order valence-electron chi connectivity index (χ2n) is 11.2. The molecule has 0 radical (unpaired) electrons. The molecule has 0 aliphatic carbocycles. The third-order valence-corrected chi connectivity index (χ3v) is 7.82. The maximum atomic E-state index is 13.7. The molecule has 2 atom stereocenters. The summed E-state index contributed by atoms with van der Waals surface area (Å²) in [5.74, 6) is 0.0439. The average Bonchev–Trinajstić information content (AvgIpc) is 3.07. The number of amides is 4. The molecule has 11 nitrogen and oxygen atoms in total. The van der Waals surface area contributed by atoms with Gasteiger partial charge in [-0.15, -0.1) is 0 Å². The Morgan fingerprint density at radius 3 is 2.54 bits per heavy atom. The van der Waals surface area contributed by atoms with E-state index in [1.165, 1.54) is 13.1 Å². The van der Waals surface area contributed by atoms with Crippen LogP contribution in [0.15, 0.2) is 91.3 Å². The molecule has 234 valence electrons. The molecule has 46 heavy (non-hydrogen) atoms. The maximum absolute atomic E-state index is 13.7. The molecule has 3 aliphatic heterocycles. The minimum Gasteiger partial charge on any atom is -0.488 e. The van der Waals surface area contributed by atoms with Gasteiger partial charge in [0.2, 0.25) is 5.91 Å². The van der Waals surface area contributed by atoms with Gasteiger partial charge in [-0.05, 0) is 59.7 Å². The van der Waals surface area contributed by atoms with E-state index in [1.54, 1.807) is 53.6 Å². The number of pyridine rings is 1. The first-order chi connectivity index (χ1) is 22.3. The van der Waals surface area contributed by atoms with Crippen LogP contribution < -0.4 is 25.4 Å². The van der Waals surface area contributed by atoms with E-state index in [0.29, 0.717) is 53.4 Å². The van der Waals surface area contributed by atoms with E-state index in [1.807, 2.05) is 36.4 Å². The molecule has 0 spiro atoms. The number of carbonyl (C=O) groups is 4. The van der Waals surface area contributed by atoms with E-state index in [2.05, 4.69) is 20.9 Å². The minimum atomic E-state index is -0.548. The fourth-order valence-corrected chi connectivity index (χ4v) is 5.51. The summed E-state index contributed by atoms with van der Waals surface area (Å²) in [6.07, 6.45) is 3.17. The van der Waals surface area contributed by atoms with E-state index < -0.39 is 12.1 Å². The van der Waals surface area contributed by atoms with Gasteiger partial charge in [0.15, 0.2) is 6.61 Å². The summed E-state index contributed by atoms with van der Waals surface area (Å²) in [6.45, 7) is 2.19. The van der Waals surface area contributed by atoms with E-state index in [0.717, 1.165) is 11.1 Å². The first kappa shape index (κ1) is 30.3. The molecule has 0 saturated carbocycles. The number of ether oxygens (including phenoxy) is 2. The van der Waals surface area contributed by atoms with Gasteiger partial charge in [-0.25, -0.2) is 0 Å². The number of piperidine rings is 1. The molecule has 11 heteroatoms. The number of likely N-dealkylation sites (tertiary alicyclic amines) is 1. The summed E-state index contributed by atoms with van der Waals surface area (Å²) in [7, 11) is 0. The Balaban J connectivity index is 1.29. The average molecular weight is 620 g/mol. The van der Waals surface area contributed by atoms with Crippen molar-refractivity contribution in [2.75, 3.05) is 25.0 Å². The van der Waals surface area contributed by atoms with Gasteiger partial charge in [-0.1, -0.05) is 30.3 Å². The van der Waals surface area contributed by atoms with Crippen molar-refractivity contribution in [2.45, 2.75) is 32.0 Å². The molecule has 4 amide bonds. The van der Waals surface area contributed by atoms with Crippen LogP contribution in [0.4, 0.5) is 5.69 Å². The van der Waals surface area contributed by atoms with Crippen LogP contribution in [0.25, 0.3) is 11.1 Å². The zero-order chi connectivity index (χ0) is 32.0. The standard InChI is InChI=1S/C35H33N5O6/c1-22(41)38-28-6-2-5-25(15-28)35(44)40-13-12-32-31(20-40)39-34(43)27-14-26(18-36-19-27)24-4-3-7-30(16-24)45-21-33(42)37-17-23-8-10-29(46-32)11-9-23/h2-11,14-16,18-19,31-32H,12-13,17,20-21H2,1H3,(H,37,42)(H,38,41)(H,39,43)/t31-,32+/m1/s1. The highest BCUT2D eigenvalue weighted by Crippen LogP contribution is 2.26. The highest BCUT2D eigenvalue weighted by molar-refractivity contribution is 5.97. The second kappa shape index (κ2) is 13.5. The SMILES string of the molecule is CC(=O)Nc1cccc(C(=O)N2CC[C@@H]3Oc4ccc(cc4)CNC(=O)COc4cccc(c4)-c4cncc(c4)C(=O)N[C@@H]3C2)c1. The zero-order valence-corrected chi connectivity index (χ0v) is 25.2. The van der Waals surface area contributed by atoms with Crippen molar-refractivity contribution in [2.24, 2.45) is 0 Å². The van der Waals surface area contributed by atoms with Crippen LogP contribution in [0.1, 0.15) is 39.6 Å². The number of rotatable bonds is 2. The predicted molar refractivity (Wildman–Crippen MR) is 170 cm³/mol. The van der Waals surface area contributed by atoms with E-state index in [-0.39, 0.29) is 36.8 Å². The molecule has 1 aromatic heterocycles. The number of carbonyl (C=O) groups excluding carboxylic acids is 4. The summed E-state index contributed by atoms with van der Waals surface area (Å²) in [4.78, 5) is 57.3. The van der Waals surface area contributed by atoms with E-state index >= 15 is 0 Å². The van der Waals surface area contributed by atoms with Crippen molar-refractivity contribution in [3.63, 3.8) is 0 Å². The lowest BCUT2D eigenvalue weighted by Crippen LogP contribution is -2.58. The number of benzene rings is 3. The van der Waals surface area contributed by atoms with Gasteiger partial charge in [0.1, 0.15) is 17.6 Å². The van der Waals surface area contributed by atoms with Crippen LogP contribution in [0, 0.1) is 0 Å². The summed E-state index contributed by atoms with van der Waals surface area (Å²) in [5, 5.41) is 8.68. The van der Waals surface area contributed by atoms with Crippen LogP contribution in [0.3, 0.4) is 0 Å². The lowest BCUT2D eigenvalue weighted by Gasteiger charge is -2.39. The Morgan fingerprint density at radius 1 is 0.913 bits per heavy atom. The second-order valence-corrected chi connectivity index (χ2v) is 11.2. The molecule has 1 saturated heterocycles. The van der Waals surface area contributed by atoms with Crippen molar-refractivity contribution in [1.82, 2.24) is 20.5 Å². The zero-order valence-electron chi connectivity index (χ0n) is 25.2. The summed E-state index contributed by atoms with van der Waals surface area (Å²) in [5.41, 5.74) is 3.64. The summed E-state index contributed by atoms with van der Waals surface area (Å²) < 4.78 is 12.1. The van der Waals surface area contributed by atoms with Gasteiger partial charge in [-0.2, -0.15) is 0 Å². The summed E-state index contributed by atoms with van der Waals surface area (Å²) in [6, 6.07) is 22.6. The first-order valence-corrected chi connectivity index (χ1v) is 15.0. The molecule has 3 N–H and O–H groups in total. The van der Waals surface area contributed by atoms with Crippen LogP contribution in [0.2, 0.25) is 0 Å². The predicted octanol–water partition coefficient (Wildman–Crippen LogP) is 3.81. The number of fused-ring (bicyclic) bond motifs is 7. The van der Waals surface area contributed by atoms with Crippen molar-refractivity contribution in [1.29, 1.82) is 0 Å². The fourth-order valence-electron chi connectivity index (χ4n) is 5.51. The van der Waals surface area contributed by atoms with E-state index in [4.69, 9.17) is 9.47 Å². The molecule has 6 bridgehead atoms. The van der Waals surface area contributed by atoms with Gasteiger partial charge >= 0.3 is 0 Å². The fraction of sp³-hybridized carbons (Fsp3) is 0.229. The third kappa shape index (κ3) is 7.32. The Kier molecular flexibility index (Phi) is 8.91. The van der Waals surface area contributed by atoms with Gasteiger partial charge in [-0.3, -0.25) is 24.2 Å². The van der Waals surface area contributed by atoms with Crippen LogP contribution in [0.5, 0.6) is 11.5 Å². The van der Waals surface area contributed by atoms with Crippen molar-refractivity contribution in [3.05, 3.63) is 108 Å². The smallest absolute Gasteiger partial charge is 0.258 e. The molecule has 7 rings (SSSR count). The van der Waals surface area contributed by atoms with Gasteiger partial charge in [0, 0.05) is 62.2 Å². The summed E-state index contributed by atoms with van der Waals surface area (Å²) >= 11 is 0. The number of hydrogen-bond acceptors (Lipinski definition) is 7. The minimum absolute atomic E-state index is 0.144. The number of nitrogens with zero attached hydrogens (tertiary/aromatic N) is 2.